The van der Waals surface area contributed by atoms with E-state index in [0.29, 0.717) is 23.7 Å². The quantitative estimate of drug-likeness (QED) is 0.284. The van der Waals surface area contributed by atoms with Crippen molar-refractivity contribution in [2.45, 2.75) is 51.7 Å². The fourth-order valence-corrected chi connectivity index (χ4v) is 4.01. The Kier molecular flexibility index (Phi) is 11.1. The molecule has 1 aromatic carbocycles. The molecular weight excluding hydrogens is 494 g/mol. The number of para-hydroxylation sites is 1. The van der Waals surface area contributed by atoms with E-state index in [-0.39, 0.29) is 25.4 Å². The van der Waals surface area contributed by atoms with Crippen LogP contribution in [0.2, 0.25) is 0 Å². The van der Waals surface area contributed by atoms with Crippen molar-refractivity contribution in [3.05, 3.63) is 41.4 Å². The summed E-state index contributed by atoms with van der Waals surface area (Å²) in [5.74, 6) is -1.18. The molecule has 2 unspecified atom stereocenters. The van der Waals surface area contributed by atoms with Gasteiger partial charge in [0, 0.05) is 18.3 Å². The lowest BCUT2D eigenvalue weighted by atomic mass is 10.2. The molecule has 0 saturated carbocycles. The van der Waals surface area contributed by atoms with Crippen LogP contribution in [-0.2, 0) is 36.8 Å². The van der Waals surface area contributed by atoms with Gasteiger partial charge in [-0.3, -0.25) is 14.4 Å². The summed E-state index contributed by atoms with van der Waals surface area (Å²) >= 11 is -0.736. The van der Waals surface area contributed by atoms with Crippen LogP contribution in [0.25, 0.3) is 0 Å². The topological polar surface area (TPSA) is 162 Å². The molecule has 0 aliphatic heterocycles. The van der Waals surface area contributed by atoms with Gasteiger partial charge in [0.25, 0.3) is 11.3 Å². The molecule has 0 bridgehead atoms. The van der Waals surface area contributed by atoms with Crippen LogP contribution in [0.1, 0.15) is 39.3 Å². The highest BCUT2D eigenvalue weighted by Gasteiger charge is 2.28. The van der Waals surface area contributed by atoms with Crippen LogP contribution in [0, 0.1) is 0 Å². The number of carbonyl (C=O) groups excluding carboxylic acids is 3. The molecule has 0 aliphatic rings. The monoisotopic (exact) mass is 525 g/mol. The van der Waals surface area contributed by atoms with E-state index in [1.807, 2.05) is 5.38 Å². The van der Waals surface area contributed by atoms with Crippen LogP contribution < -0.4 is 25.3 Å². The smallest absolute Gasteiger partial charge is 0.326 e. The lowest BCUT2D eigenvalue weighted by molar-refractivity contribution is -0.156. The molecule has 2 atom stereocenters. The number of rotatable bonds is 13. The van der Waals surface area contributed by atoms with E-state index in [0.717, 1.165) is 5.69 Å². The number of nitrogen functional groups attached to an aromatic ring is 1. The number of aryl methyl sites for hydroxylation is 1. The third-order valence-corrected chi connectivity index (χ3v) is 5.74. The third-order valence-electron chi connectivity index (χ3n) is 4.20. The van der Waals surface area contributed by atoms with Gasteiger partial charge in [-0.2, -0.15) is 8.93 Å². The van der Waals surface area contributed by atoms with Gasteiger partial charge >= 0.3 is 5.97 Å². The molecule has 13 heteroatoms. The number of hydrogen-bond acceptors (Lipinski definition) is 9. The van der Waals surface area contributed by atoms with Crippen molar-refractivity contribution in [2.75, 3.05) is 18.8 Å². The van der Waals surface area contributed by atoms with Crippen LogP contribution in [0.5, 0.6) is 5.75 Å². The van der Waals surface area contributed by atoms with E-state index in [9.17, 15) is 18.6 Å². The molecule has 1 heterocycles. The standard InChI is InChI=1S/C22H31N5O6S2/c1-22(2,3)32-20(30)17(27-35(31)33-16-9-5-4-6-10-16)12-24-19(29)13-25-18(28)11-7-8-15-14-34-21(23)26-15/h4-6,9-10,14,17,27H,7-8,11-13H2,1-3H3,(H2,23,26)(H,24,29)(H,25,28). The summed E-state index contributed by atoms with van der Waals surface area (Å²) in [6.45, 7) is 4.58. The number of hydrogen-bond donors (Lipinski definition) is 4. The second-order valence-corrected chi connectivity index (χ2v) is 10.2. The van der Waals surface area contributed by atoms with Gasteiger partial charge in [-0.05, 0) is 45.7 Å². The fraction of sp³-hybridized carbons (Fsp3) is 0.455. The second-order valence-electron chi connectivity index (χ2n) is 8.45. The van der Waals surface area contributed by atoms with Crippen LogP contribution in [0.15, 0.2) is 35.7 Å². The maximum atomic E-state index is 12.6. The maximum absolute atomic E-state index is 12.6. The molecule has 0 aliphatic carbocycles. The first-order chi connectivity index (χ1) is 16.5. The third kappa shape index (κ3) is 11.8. The summed E-state index contributed by atoms with van der Waals surface area (Å²) in [6, 6.07) is 7.27. The molecule has 0 saturated heterocycles. The number of ether oxygens (including phenoxy) is 1. The van der Waals surface area contributed by atoms with Gasteiger partial charge in [0.15, 0.2) is 5.13 Å². The number of carbonyl (C=O) groups is 3. The molecule has 0 radical (unpaired) electrons. The number of anilines is 1. The molecule has 2 amide bonds. The van der Waals surface area contributed by atoms with Crippen molar-refractivity contribution in [3.63, 3.8) is 0 Å². The average molecular weight is 526 g/mol. The van der Waals surface area contributed by atoms with Crippen LogP contribution >= 0.6 is 11.3 Å². The highest BCUT2D eigenvalue weighted by atomic mass is 32.2. The van der Waals surface area contributed by atoms with Crippen molar-refractivity contribution >= 4 is 45.5 Å². The number of nitrogens with two attached hydrogens (primary N) is 1. The largest absolute Gasteiger partial charge is 0.459 e. The molecular formula is C22H31N5O6S2. The molecule has 192 valence electrons. The Morgan fingerprint density at radius 2 is 1.86 bits per heavy atom. The van der Waals surface area contributed by atoms with Crippen LogP contribution in [-0.4, -0.2) is 51.7 Å². The molecule has 5 N–H and O–H groups in total. The lowest BCUT2D eigenvalue weighted by Gasteiger charge is -2.24. The van der Waals surface area contributed by atoms with Crippen molar-refractivity contribution < 1.29 is 27.5 Å². The predicted octanol–water partition coefficient (Wildman–Crippen LogP) is 1.24. The summed E-state index contributed by atoms with van der Waals surface area (Å²) in [7, 11) is 0. The van der Waals surface area contributed by atoms with Gasteiger partial charge in [-0.15, -0.1) is 11.3 Å². The Morgan fingerprint density at radius 1 is 1.14 bits per heavy atom. The molecule has 35 heavy (non-hydrogen) atoms. The molecule has 1 aromatic heterocycles. The van der Waals surface area contributed by atoms with E-state index in [1.54, 1.807) is 51.1 Å². The molecule has 0 spiro atoms. The number of nitrogens with one attached hydrogen (secondary N) is 3. The van der Waals surface area contributed by atoms with Crippen molar-refractivity contribution in [2.24, 2.45) is 0 Å². The SMILES string of the molecule is CC(C)(C)OC(=O)C(CNC(=O)CNC(=O)CCCc1csc(N)n1)NS(=O)Oc1ccccc1. The molecule has 2 aromatic rings. The van der Waals surface area contributed by atoms with Gasteiger partial charge in [0.1, 0.15) is 17.4 Å². The van der Waals surface area contributed by atoms with Gasteiger partial charge in [-0.25, -0.2) is 4.98 Å². The first-order valence-electron chi connectivity index (χ1n) is 10.9. The molecule has 0 fully saturated rings. The highest BCUT2D eigenvalue weighted by Crippen LogP contribution is 2.13. The van der Waals surface area contributed by atoms with Crippen LogP contribution in [0.4, 0.5) is 5.13 Å². The summed E-state index contributed by atoms with van der Waals surface area (Å²) in [6.07, 6.45) is 1.40. The van der Waals surface area contributed by atoms with E-state index >= 15 is 0 Å². The van der Waals surface area contributed by atoms with E-state index < -0.39 is 34.8 Å². The molecule has 2 rings (SSSR count). The summed E-state index contributed by atoms with van der Waals surface area (Å²) in [4.78, 5) is 40.9. The van der Waals surface area contributed by atoms with Crippen molar-refractivity contribution in [1.29, 1.82) is 0 Å². The van der Waals surface area contributed by atoms with Crippen molar-refractivity contribution in [3.8, 4) is 5.75 Å². The minimum absolute atomic E-state index is 0.223. The first kappa shape index (κ1) is 28.2. The highest BCUT2D eigenvalue weighted by molar-refractivity contribution is 7.78. The zero-order chi connectivity index (χ0) is 25.8. The van der Waals surface area contributed by atoms with E-state index in [4.69, 9.17) is 14.7 Å². The number of thiazole rings is 1. The van der Waals surface area contributed by atoms with Crippen LogP contribution in [0.3, 0.4) is 0 Å². The predicted molar refractivity (Wildman–Crippen MR) is 133 cm³/mol. The minimum Gasteiger partial charge on any atom is -0.459 e. The zero-order valence-electron chi connectivity index (χ0n) is 19.9. The Hall–Kier alpha value is -3.03. The fourth-order valence-electron chi connectivity index (χ4n) is 2.66. The number of aromatic nitrogens is 1. The van der Waals surface area contributed by atoms with E-state index in [1.165, 1.54) is 11.3 Å². The first-order valence-corrected chi connectivity index (χ1v) is 12.8. The maximum Gasteiger partial charge on any atom is 0.326 e. The average Bonchev–Trinajstić information content (AvgIpc) is 3.19. The van der Waals surface area contributed by atoms with Gasteiger partial charge < -0.3 is 25.3 Å². The Morgan fingerprint density at radius 3 is 2.49 bits per heavy atom. The summed E-state index contributed by atoms with van der Waals surface area (Å²) in [5.41, 5.74) is 5.61. The lowest BCUT2D eigenvalue weighted by Crippen LogP contribution is -2.51. The number of amides is 2. The number of benzene rings is 1. The Bertz CT molecular complexity index is 1010. The zero-order valence-corrected chi connectivity index (χ0v) is 21.5. The molecule has 11 nitrogen and oxygen atoms in total. The second kappa shape index (κ2) is 13.8. The number of esters is 1. The van der Waals surface area contributed by atoms with Gasteiger partial charge in [0.2, 0.25) is 11.8 Å². The Labute approximate surface area is 211 Å². The Balaban J connectivity index is 1.79. The van der Waals surface area contributed by atoms with E-state index in [2.05, 4.69) is 20.3 Å². The van der Waals surface area contributed by atoms with Crippen molar-refractivity contribution in [1.82, 2.24) is 20.3 Å². The number of nitrogens with zero attached hydrogens (tertiary/aromatic N) is 1. The van der Waals surface area contributed by atoms with Gasteiger partial charge in [0.05, 0.1) is 12.2 Å². The minimum atomic E-state index is -2.08. The van der Waals surface area contributed by atoms with Gasteiger partial charge in [-0.1, -0.05) is 18.2 Å². The summed E-state index contributed by atoms with van der Waals surface area (Å²) in [5, 5.41) is 7.38. The summed E-state index contributed by atoms with van der Waals surface area (Å²) < 4.78 is 25.5. The normalized spacial score (nSPS) is 12.9.